The van der Waals surface area contributed by atoms with E-state index in [1.807, 2.05) is 6.07 Å². The maximum Gasteiger partial charge on any atom is 0.171 e. The molecule has 1 heterocycles. The van der Waals surface area contributed by atoms with Crippen molar-refractivity contribution in [2.75, 3.05) is 13.1 Å². The number of rotatable bonds is 1. The summed E-state index contributed by atoms with van der Waals surface area (Å²) < 4.78 is 0.566. The summed E-state index contributed by atoms with van der Waals surface area (Å²) >= 11 is 3.24. The van der Waals surface area contributed by atoms with Gasteiger partial charge in [0, 0.05) is 0 Å². The van der Waals surface area contributed by atoms with Crippen LogP contribution in [0.3, 0.4) is 0 Å². The highest BCUT2D eigenvalue weighted by Gasteiger charge is 2.17. The molecule has 3 N–H and O–H groups in total. The number of halogens is 1. The quantitative estimate of drug-likeness (QED) is 0.688. The molecule has 0 amide bonds. The summed E-state index contributed by atoms with van der Waals surface area (Å²) in [6, 6.07) is 3.56. The number of phenols is 2. The molecule has 1 aromatic carbocycles. The van der Waals surface area contributed by atoms with E-state index in [0.717, 1.165) is 31.5 Å². The van der Waals surface area contributed by atoms with Crippen LogP contribution in [0.1, 0.15) is 24.3 Å². The molecule has 3 nitrogen and oxygen atoms in total. The molecule has 0 radical (unpaired) electrons. The van der Waals surface area contributed by atoms with Crippen LogP contribution in [0, 0.1) is 0 Å². The van der Waals surface area contributed by atoms with Crippen molar-refractivity contribution in [1.82, 2.24) is 5.32 Å². The lowest BCUT2D eigenvalue weighted by Crippen LogP contribution is -2.26. The van der Waals surface area contributed by atoms with Crippen LogP contribution in [0.15, 0.2) is 16.6 Å². The minimum atomic E-state index is -0.0762. The zero-order valence-electron chi connectivity index (χ0n) is 8.33. The van der Waals surface area contributed by atoms with Crippen molar-refractivity contribution in [2.24, 2.45) is 0 Å². The van der Waals surface area contributed by atoms with Gasteiger partial charge in [-0.15, -0.1) is 0 Å². The maximum atomic E-state index is 9.52. The van der Waals surface area contributed by atoms with E-state index in [2.05, 4.69) is 21.2 Å². The lowest BCUT2D eigenvalue weighted by Gasteiger charge is -2.23. The van der Waals surface area contributed by atoms with E-state index in [1.165, 1.54) is 0 Å². The van der Waals surface area contributed by atoms with E-state index in [-0.39, 0.29) is 11.5 Å². The third-order valence-corrected chi connectivity index (χ3v) is 3.48. The number of hydrogen-bond donors (Lipinski definition) is 3. The Morgan fingerprint density at radius 1 is 1.20 bits per heavy atom. The summed E-state index contributed by atoms with van der Waals surface area (Å²) in [6.07, 6.45) is 2.16. The third-order valence-electron chi connectivity index (χ3n) is 2.88. The molecule has 0 atom stereocenters. The molecular weight excluding hydrogens is 258 g/mol. The van der Waals surface area contributed by atoms with Crippen LogP contribution in [-0.4, -0.2) is 23.3 Å². The fourth-order valence-corrected chi connectivity index (χ4v) is 2.46. The van der Waals surface area contributed by atoms with Crippen molar-refractivity contribution in [3.05, 3.63) is 22.2 Å². The Bertz CT molecular complexity index is 339. The van der Waals surface area contributed by atoms with Gasteiger partial charge in [-0.2, -0.15) is 0 Å². The monoisotopic (exact) mass is 271 g/mol. The highest BCUT2D eigenvalue weighted by atomic mass is 79.9. The number of benzene rings is 1. The van der Waals surface area contributed by atoms with Crippen LogP contribution in [0.5, 0.6) is 11.5 Å². The van der Waals surface area contributed by atoms with E-state index < -0.39 is 0 Å². The Morgan fingerprint density at radius 2 is 1.87 bits per heavy atom. The molecule has 4 heteroatoms. The van der Waals surface area contributed by atoms with Gasteiger partial charge in [-0.25, -0.2) is 0 Å². The number of phenolic OH excluding ortho intramolecular Hbond substituents is 2. The Balaban J connectivity index is 2.27. The molecule has 2 rings (SSSR count). The summed E-state index contributed by atoms with van der Waals surface area (Å²) in [7, 11) is 0. The molecule has 82 valence electrons. The summed E-state index contributed by atoms with van der Waals surface area (Å²) in [4.78, 5) is 0. The molecule has 1 fully saturated rings. The van der Waals surface area contributed by atoms with Crippen LogP contribution in [0.4, 0.5) is 0 Å². The van der Waals surface area contributed by atoms with Crippen LogP contribution in [0.2, 0.25) is 0 Å². The molecule has 0 spiro atoms. The second kappa shape index (κ2) is 4.41. The topological polar surface area (TPSA) is 52.5 Å². The minimum Gasteiger partial charge on any atom is -0.504 e. The van der Waals surface area contributed by atoms with Gasteiger partial charge in [0.25, 0.3) is 0 Å². The molecule has 15 heavy (non-hydrogen) atoms. The van der Waals surface area contributed by atoms with E-state index in [9.17, 15) is 10.2 Å². The smallest absolute Gasteiger partial charge is 0.171 e. The van der Waals surface area contributed by atoms with E-state index in [1.54, 1.807) is 6.07 Å². The SMILES string of the molecule is Oc1cc(C2CCNCC2)cc(Br)c1O. The van der Waals surface area contributed by atoms with Crippen LogP contribution < -0.4 is 5.32 Å². The minimum absolute atomic E-state index is 0.0436. The van der Waals surface area contributed by atoms with Crippen molar-refractivity contribution in [1.29, 1.82) is 0 Å². The molecule has 1 aliphatic heterocycles. The number of hydrogen-bond acceptors (Lipinski definition) is 3. The fourth-order valence-electron chi connectivity index (χ4n) is 2.00. The zero-order valence-corrected chi connectivity index (χ0v) is 9.92. The van der Waals surface area contributed by atoms with Gasteiger partial charge in [-0.1, -0.05) is 0 Å². The number of piperidine rings is 1. The van der Waals surface area contributed by atoms with Gasteiger partial charge >= 0.3 is 0 Å². The summed E-state index contributed by atoms with van der Waals surface area (Å²) in [6.45, 7) is 2.04. The van der Waals surface area contributed by atoms with Gasteiger partial charge in [0.1, 0.15) is 0 Å². The van der Waals surface area contributed by atoms with Gasteiger partial charge in [0.15, 0.2) is 11.5 Å². The lowest BCUT2D eigenvalue weighted by atomic mass is 9.90. The van der Waals surface area contributed by atoms with E-state index in [4.69, 9.17) is 0 Å². The van der Waals surface area contributed by atoms with Gasteiger partial charge in [-0.05, 0) is 65.5 Å². The first-order valence-electron chi connectivity index (χ1n) is 5.10. The Morgan fingerprint density at radius 3 is 2.47 bits per heavy atom. The summed E-state index contributed by atoms with van der Waals surface area (Å²) in [5, 5.41) is 22.2. The average molecular weight is 272 g/mol. The van der Waals surface area contributed by atoms with Crippen molar-refractivity contribution in [3.63, 3.8) is 0 Å². The Labute approximate surface area is 97.3 Å². The maximum absolute atomic E-state index is 9.52. The average Bonchev–Trinajstić information content (AvgIpc) is 2.26. The van der Waals surface area contributed by atoms with Crippen LogP contribution in [0.25, 0.3) is 0 Å². The standard InChI is InChI=1S/C11H14BrNO2/c12-9-5-8(6-10(14)11(9)15)7-1-3-13-4-2-7/h5-7,13-15H,1-4H2. The third kappa shape index (κ3) is 2.26. The summed E-state index contributed by atoms with van der Waals surface area (Å²) in [5.74, 6) is 0.361. The van der Waals surface area contributed by atoms with Gasteiger partial charge in [0.05, 0.1) is 4.47 Å². The van der Waals surface area contributed by atoms with Crippen LogP contribution in [-0.2, 0) is 0 Å². The molecule has 0 saturated carbocycles. The first-order valence-corrected chi connectivity index (χ1v) is 5.90. The molecule has 0 aromatic heterocycles. The molecule has 1 aromatic rings. The molecule has 1 aliphatic rings. The van der Waals surface area contributed by atoms with E-state index in [0.29, 0.717) is 10.4 Å². The van der Waals surface area contributed by atoms with E-state index >= 15 is 0 Å². The lowest BCUT2D eigenvalue weighted by molar-refractivity contribution is 0.398. The fraction of sp³-hybridized carbons (Fsp3) is 0.455. The number of nitrogens with one attached hydrogen (secondary N) is 1. The van der Waals surface area contributed by atoms with Gasteiger partial charge in [0.2, 0.25) is 0 Å². The van der Waals surface area contributed by atoms with Crippen LogP contribution >= 0.6 is 15.9 Å². The second-order valence-electron chi connectivity index (χ2n) is 3.89. The molecule has 0 unspecified atom stereocenters. The van der Waals surface area contributed by atoms with Crippen molar-refractivity contribution in [2.45, 2.75) is 18.8 Å². The van der Waals surface area contributed by atoms with Crippen molar-refractivity contribution in [3.8, 4) is 11.5 Å². The Hall–Kier alpha value is -0.740. The van der Waals surface area contributed by atoms with Crippen molar-refractivity contribution >= 4 is 15.9 Å². The molecular formula is C11H14BrNO2. The normalized spacial score (nSPS) is 17.9. The van der Waals surface area contributed by atoms with Crippen molar-refractivity contribution < 1.29 is 10.2 Å². The number of aromatic hydroxyl groups is 2. The Kier molecular flexibility index (Phi) is 3.17. The first kappa shape index (κ1) is 10.8. The predicted molar refractivity (Wildman–Crippen MR) is 62.3 cm³/mol. The molecule has 1 saturated heterocycles. The second-order valence-corrected chi connectivity index (χ2v) is 4.75. The first-order chi connectivity index (χ1) is 7.18. The molecule has 0 aliphatic carbocycles. The highest BCUT2D eigenvalue weighted by molar-refractivity contribution is 9.10. The molecule has 0 bridgehead atoms. The largest absolute Gasteiger partial charge is 0.504 e. The zero-order chi connectivity index (χ0) is 10.8. The highest BCUT2D eigenvalue weighted by Crippen LogP contribution is 2.38. The van der Waals surface area contributed by atoms with Gasteiger partial charge < -0.3 is 15.5 Å². The predicted octanol–water partition coefficient (Wildman–Crippen LogP) is 2.33. The summed E-state index contributed by atoms with van der Waals surface area (Å²) in [5.41, 5.74) is 1.10. The van der Waals surface area contributed by atoms with Gasteiger partial charge in [-0.3, -0.25) is 0 Å².